The Hall–Kier alpha value is -4.13. The first-order chi connectivity index (χ1) is 15.8. The lowest BCUT2D eigenvalue weighted by Gasteiger charge is -2.23. The monoisotopic (exact) mass is 445 g/mol. The fourth-order valence-corrected chi connectivity index (χ4v) is 3.94. The molecule has 2 aromatic carbocycles. The van der Waals surface area contributed by atoms with Gasteiger partial charge in [0.1, 0.15) is 17.6 Å². The van der Waals surface area contributed by atoms with Gasteiger partial charge in [-0.3, -0.25) is 14.4 Å². The normalized spacial score (nSPS) is 13.9. The number of hydrogen-bond acceptors (Lipinski definition) is 6. The SMILES string of the molecule is CC(C)=CCC(OC(=O)Cc1c[nH]c2ccccc12)C1=CC(=O)c2c(O)ccc(O)c2C1=O. The van der Waals surface area contributed by atoms with Crippen molar-refractivity contribution in [3.63, 3.8) is 0 Å². The van der Waals surface area contributed by atoms with E-state index in [4.69, 9.17) is 4.74 Å². The maximum absolute atomic E-state index is 13.2. The van der Waals surface area contributed by atoms with Gasteiger partial charge in [0.25, 0.3) is 0 Å². The van der Waals surface area contributed by atoms with E-state index in [2.05, 4.69) is 4.98 Å². The van der Waals surface area contributed by atoms with Crippen molar-refractivity contribution in [2.45, 2.75) is 32.8 Å². The lowest BCUT2D eigenvalue weighted by molar-refractivity contribution is -0.146. The van der Waals surface area contributed by atoms with Gasteiger partial charge >= 0.3 is 5.97 Å². The molecule has 0 saturated carbocycles. The molecular weight excluding hydrogens is 422 g/mol. The predicted octanol–water partition coefficient (Wildman–Crippen LogP) is 4.40. The van der Waals surface area contributed by atoms with E-state index >= 15 is 0 Å². The van der Waals surface area contributed by atoms with Crippen molar-refractivity contribution in [2.24, 2.45) is 0 Å². The third kappa shape index (κ3) is 4.30. The van der Waals surface area contributed by atoms with Gasteiger partial charge in [0, 0.05) is 29.1 Å². The Balaban J connectivity index is 1.64. The second-order valence-electron chi connectivity index (χ2n) is 8.18. The van der Waals surface area contributed by atoms with Crippen LogP contribution in [0.4, 0.5) is 0 Å². The van der Waals surface area contributed by atoms with Gasteiger partial charge in [-0.2, -0.15) is 0 Å². The molecule has 3 aromatic rings. The Morgan fingerprint density at radius 1 is 1.06 bits per heavy atom. The van der Waals surface area contributed by atoms with Gasteiger partial charge in [0.15, 0.2) is 11.6 Å². The molecule has 1 aromatic heterocycles. The van der Waals surface area contributed by atoms with Crippen molar-refractivity contribution in [2.75, 3.05) is 0 Å². The van der Waals surface area contributed by atoms with Crippen molar-refractivity contribution in [1.82, 2.24) is 4.98 Å². The number of para-hydroxylation sites is 1. The summed E-state index contributed by atoms with van der Waals surface area (Å²) < 4.78 is 5.68. The van der Waals surface area contributed by atoms with Crippen LogP contribution in [0, 0.1) is 0 Å². The van der Waals surface area contributed by atoms with Crippen LogP contribution in [0.1, 0.15) is 46.5 Å². The van der Waals surface area contributed by atoms with Crippen LogP contribution in [-0.2, 0) is 16.0 Å². The highest BCUT2D eigenvalue weighted by Gasteiger charge is 2.35. The molecule has 0 saturated heterocycles. The average Bonchev–Trinajstić information content (AvgIpc) is 3.18. The number of ketones is 2. The van der Waals surface area contributed by atoms with Crippen molar-refractivity contribution >= 4 is 28.4 Å². The van der Waals surface area contributed by atoms with Crippen molar-refractivity contribution in [3.05, 3.63) is 82.6 Å². The number of ether oxygens (including phenoxy) is 1. The number of fused-ring (bicyclic) bond motifs is 2. The average molecular weight is 445 g/mol. The van der Waals surface area contributed by atoms with Crippen molar-refractivity contribution < 1.29 is 29.3 Å². The van der Waals surface area contributed by atoms with E-state index in [0.29, 0.717) is 0 Å². The maximum Gasteiger partial charge on any atom is 0.310 e. The van der Waals surface area contributed by atoms with Crippen molar-refractivity contribution in [3.8, 4) is 11.5 Å². The molecule has 1 heterocycles. The van der Waals surface area contributed by atoms with Crippen LogP contribution >= 0.6 is 0 Å². The Labute approximate surface area is 190 Å². The quantitative estimate of drug-likeness (QED) is 0.294. The standard InChI is InChI=1S/C26H23NO6/c1-14(2)7-10-22(33-23(31)11-15-13-27-18-6-4-3-5-16(15)18)17-12-21(30)24-19(28)8-9-20(29)25(24)26(17)32/h3-9,12-13,22,27-29H,10-11H2,1-2H3. The Bertz CT molecular complexity index is 1340. The number of carbonyl (C=O) groups excluding carboxylic acids is 3. The molecule has 1 unspecified atom stereocenters. The summed E-state index contributed by atoms with van der Waals surface area (Å²) in [7, 11) is 0. The minimum Gasteiger partial charge on any atom is -0.507 e. The second kappa shape index (κ2) is 8.78. The van der Waals surface area contributed by atoms with Crippen LogP contribution < -0.4 is 0 Å². The number of aromatic nitrogens is 1. The summed E-state index contributed by atoms with van der Waals surface area (Å²) >= 11 is 0. The van der Waals surface area contributed by atoms with Crippen LogP contribution in [0.5, 0.6) is 11.5 Å². The van der Waals surface area contributed by atoms with E-state index in [1.165, 1.54) is 0 Å². The number of H-pyrrole nitrogens is 1. The van der Waals surface area contributed by atoms with E-state index in [1.807, 2.05) is 38.1 Å². The molecule has 0 fully saturated rings. The molecule has 1 aliphatic carbocycles. The number of esters is 1. The van der Waals surface area contributed by atoms with E-state index in [0.717, 1.165) is 40.2 Å². The molecule has 0 radical (unpaired) electrons. The van der Waals surface area contributed by atoms with Gasteiger partial charge in [-0.25, -0.2) is 0 Å². The summed E-state index contributed by atoms with van der Waals surface area (Å²) in [6.07, 6.45) is 3.76. The number of carbonyl (C=O) groups is 3. The Kier molecular flexibility index (Phi) is 5.87. The first kappa shape index (κ1) is 22.1. The fraction of sp³-hybridized carbons (Fsp3) is 0.192. The van der Waals surface area contributed by atoms with Gasteiger partial charge in [-0.05, 0) is 43.7 Å². The number of hydrogen-bond donors (Lipinski definition) is 3. The largest absolute Gasteiger partial charge is 0.507 e. The zero-order valence-electron chi connectivity index (χ0n) is 18.2. The first-order valence-electron chi connectivity index (χ1n) is 10.5. The third-order valence-corrected chi connectivity index (χ3v) is 5.55. The van der Waals surface area contributed by atoms with E-state index in [9.17, 15) is 24.6 Å². The number of Topliss-reactive ketones (excluding diaryl/α,β-unsaturated/α-hetero) is 1. The lowest BCUT2D eigenvalue weighted by Crippen LogP contribution is -2.29. The molecule has 0 amide bonds. The molecule has 0 spiro atoms. The van der Waals surface area contributed by atoms with Crippen LogP contribution in [0.2, 0.25) is 0 Å². The summed E-state index contributed by atoms with van der Waals surface area (Å²) in [5, 5.41) is 21.1. The number of allylic oxidation sites excluding steroid dienone is 2. The molecular formula is C26H23NO6. The predicted molar refractivity (Wildman–Crippen MR) is 122 cm³/mol. The number of benzene rings is 2. The second-order valence-corrected chi connectivity index (χ2v) is 8.18. The number of rotatable bonds is 6. The highest BCUT2D eigenvalue weighted by atomic mass is 16.5. The molecule has 7 nitrogen and oxygen atoms in total. The summed E-state index contributed by atoms with van der Waals surface area (Å²) in [5.74, 6) is -2.67. The number of aromatic amines is 1. The first-order valence-corrected chi connectivity index (χ1v) is 10.5. The van der Waals surface area contributed by atoms with Crippen LogP contribution in [0.25, 0.3) is 10.9 Å². The molecule has 4 rings (SSSR count). The Morgan fingerprint density at radius 3 is 2.48 bits per heavy atom. The minimum atomic E-state index is -1.02. The topological polar surface area (TPSA) is 117 Å². The molecule has 7 heteroatoms. The van der Waals surface area contributed by atoms with Crippen LogP contribution in [0.15, 0.2) is 65.9 Å². The van der Waals surface area contributed by atoms with Gasteiger partial charge in [0.2, 0.25) is 0 Å². The van der Waals surface area contributed by atoms with Crippen LogP contribution in [0.3, 0.4) is 0 Å². The molecule has 1 atom stereocenters. The number of phenols is 2. The van der Waals surface area contributed by atoms with E-state index in [1.54, 1.807) is 12.3 Å². The van der Waals surface area contributed by atoms with Crippen molar-refractivity contribution in [1.29, 1.82) is 0 Å². The number of nitrogens with one attached hydrogen (secondary N) is 1. The smallest absolute Gasteiger partial charge is 0.310 e. The molecule has 1 aliphatic rings. The molecule has 0 bridgehead atoms. The molecule has 3 N–H and O–H groups in total. The third-order valence-electron chi connectivity index (χ3n) is 5.55. The van der Waals surface area contributed by atoms with E-state index in [-0.39, 0.29) is 29.5 Å². The zero-order valence-corrected chi connectivity index (χ0v) is 18.2. The zero-order chi connectivity index (χ0) is 23.7. The summed E-state index contributed by atoms with van der Waals surface area (Å²) in [5.41, 5.74) is 2.01. The Morgan fingerprint density at radius 2 is 1.76 bits per heavy atom. The summed E-state index contributed by atoms with van der Waals surface area (Å²) in [6, 6.07) is 9.86. The van der Waals surface area contributed by atoms with Gasteiger partial charge in [0.05, 0.1) is 17.5 Å². The lowest BCUT2D eigenvalue weighted by atomic mass is 9.85. The van der Waals surface area contributed by atoms with Gasteiger partial charge in [-0.15, -0.1) is 0 Å². The molecule has 0 aliphatic heterocycles. The van der Waals surface area contributed by atoms with E-state index < -0.39 is 35.1 Å². The number of phenolic OH excluding ortho intramolecular Hbond substituents is 2. The highest BCUT2D eigenvalue weighted by molar-refractivity contribution is 6.27. The fourth-order valence-electron chi connectivity index (χ4n) is 3.94. The van der Waals surface area contributed by atoms with Gasteiger partial charge in [-0.1, -0.05) is 29.8 Å². The summed E-state index contributed by atoms with van der Waals surface area (Å²) in [6.45, 7) is 3.73. The highest BCUT2D eigenvalue weighted by Crippen LogP contribution is 2.36. The van der Waals surface area contributed by atoms with Gasteiger partial charge < -0.3 is 19.9 Å². The van der Waals surface area contributed by atoms with Crippen LogP contribution in [-0.4, -0.2) is 38.8 Å². The number of aromatic hydroxyl groups is 2. The maximum atomic E-state index is 13.2. The minimum absolute atomic E-state index is 0.0205. The summed E-state index contributed by atoms with van der Waals surface area (Å²) in [4.78, 5) is 41.8. The molecule has 33 heavy (non-hydrogen) atoms. The molecule has 168 valence electrons.